The van der Waals surface area contributed by atoms with Gasteiger partial charge in [0.15, 0.2) is 0 Å². The Morgan fingerprint density at radius 3 is 2.52 bits per heavy atom. The van der Waals surface area contributed by atoms with Gasteiger partial charge in [-0.15, -0.1) is 0 Å². The number of H-pyrrole nitrogens is 1. The lowest BCUT2D eigenvalue weighted by molar-refractivity contribution is 0.205. The van der Waals surface area contributed by atoms with Crippen molar-refractivity contribution >= 4 is 11.5 Å². The Morgan fingerprint density at radius 1 is 1.33 bits per heavy atom. The second-order valence-electron chi connectivity index (χ2n) is 5.48. The van der Waals surface area contributed by atoms with Crippen molar-refractivity contribution in [2.75, 3.05) is 37.4 Å². The van der Waals surface area contributed by atoms with E-state index < -0.39 is 11.2 Å². The zero-order valence-corrected chi connectivity index (χ0v) is 13.3. The summed E-state index contributed by atoms with van der Waals surface area (Å²) in [7, 11) is 1.61. The van der Waals surface area contributed by atoms with Gasteiger partial charge in [0.25, 0.3) is 5.56 Å². The predicted octanol–water partition coefficient (Wildman–Crippen LogP) is 0.638. The highest BCUT2D eigenvalue weighted by Gasteiger charge is 2.18. The number of methoxy groups -OCH3 is 1. The molecular formula is C14H26N4O3. The Hall–Kier alpha value is -1.76. The van der Waals surface area contributed by atoms with Crippen LogP contribution >= 0.6 is 0 Å². The molecule has 0 saturated carbocycles. The fraction of sp³-hybridized carbons (Fsp3) is 0.714. The summed E-state index contributed by atoms with van der Waals surface area (Å²) in [6, 6.07) is 0. The number of aromatic nitrogens is 2. The van der Waals surface area contributed by atoms with E-state index in [0.29, 0.717) is 31.9 Å². The van der Waals surface area contributed by atoms with Gasteiger partial charge in [0, 0.05) is 26.7 Å². The van der Waals surface area contributed by atoms with E-state index in [0.717, 1.165) is 6.42 Å². The number of aromatic amines is 1. The number of nitrogens with two attached hydrogens (primary N) is 1. The van der Waals surface area contributed by atoms with Crippen molar-refractivity contribution in [2.24, 2.45) is 5.92 Å². The zero-order valence-electron chi connectivity index (χ0n) is 13.3. The molecule has 0 atom stereocenters. The summed E-state index contributed by atoms with van der Waals surface area (Å²) < 4.78 is 6.50. The van der Waals surface area contributed by atoms with Crippen LogP contribution < -0.4 is 21.9 Å². The van der Waals surface area contributed by atoms with Crippen LogP contribution in [-0.4, -0.2) is 36.4 Å². The van der Waals surface area contributed by atoms with Crippen molar-refractivity contribution in [1.82, 2.24) is 9.55 Å². The molecule has 1 aromatic rings. The first-order valence-corrected chi connectivity index (χ1v) is 7.28. The van der Waals surface area contributed by atoms with Crippen LogP contribution in [-0.2, 0) is 11.3 Å². The second kappa shape index (κ2) is 7.87. The zero-order chi connectivity index (χ0) is 16.0. The highest BCUT2D eigenvalue weighted by Crippen LogP contribution is 2.17. The Morgan fingerprint density at radius 2 is 2.00 bits per heavy atom. The van der Waals surface area contributed by atoms with Crippen molar-refractivity contribution in [1.29, 1.82) is 0 Å². The van der Waals surface area contributed by atoms with Crippen LogP contribution in [0.3, 0.4) is 0 Å². The smallest absolute Gasteiger partial charge is 0.330 e. The first-order valence-electron chi connectivity index (χ1n) is 7.28. The molecule has 0 fully saturated rings. The molecule has 0 bridgehead atoms. The Balaban J connectivity index is 3.31. The van der Waals surface area contributed by atoms with E-state index >= 15 is 0 Å². The molecule has 21 heavy (non-hydrogen) atoms. The van der Waals surface area contributed by atoms with Gasteiger partial charge < -0.3 is 15.4 Å². The van der Waals surface area contributed by atoms with Gasteiger partial charge in [-0.1, -0.05) is 20.8 Å². The van der Waals surface area contributed by atoms with E-state index in [9.17, 15) is 9.59 Å². The predicted molar refractivity (Wildman–Crippen MR) is 85.0 cm³/mol. The lowest BCUT2D eigenvalue weighted by atomic mass is 10.2. The maximum absolute atomic E-state index is 12.1. The molecular weight excluding hydrogens is 272 g/mol. The standard InChI is InChI=1S/C14H26N4O3/c1-5-6-17(7-8-21-4)11-12(15)18(9-10(2)3)14(20)16-13(11)19/h10H,5-9,15H2,1-4H3,(H,16,19,20). The van der Waals surface area contributed by atoms with Gasteiger partial charge >= 0.3 is 5.69 Å². The third kappa shape index (κ3) is 4.35. The lowest BCUT2D eigenvalue weighted by Crippen LogP contribution is -2.40. The van der Waals surface area contributed by atoms with E-state index in [4.69, 9.17) is 10.5 Å². The lowest BCUT2D eigenvalue weighted by Gasteiger charge is -2.25. The molecule has 0 aromatic carbocycles. The molecule has 0 aliphatic carbocycles. The minimum Gasteiger partial charge on any atom is -0.383 e. The van der Waals surface area contributed by atoms with Crippen molar-refractivity contribution in [3.8, 4) is 0 Å². The topological polar surface area (TPSA) is 93.3 Å². The molecule has 0 radical (unpaired) electrons. The van der Waals surface area contributed by atoms with Gasteiger partial charge in [0.1, 0.15) is 11.5 Å². The van der Waals surface area contributed by atoms with E-state index in [-0.39, 0.29) is 11.7 Å². The molecule has 1 rings (SSSR count). The summed E-state index contributed by atoms with van der Waals surface area (Å²) in [5.74, 6) is 0.476. The van der Waals surface area contributed by atoms with Crippen molar-refractivity contribution in [3.63, 3.8) is 0 Å². The van der Waals surface area contributed by atoms with Crippen LogP contribution in [0.25, 0.3) is 0 Å². The first kappa shape index (κ1) is 17.3. The normalized spacial score (nSPS) is 11.1. The minimum absolute atomic E-state index is 0.224. The van der Waals surface area contributed by atoms with Gasteiger partial charge in [0.2, 0.25) is 0 Å². The SMILES string of the molecule is CCCN(CCOC)c1c(N)n(CC(C)C)c(=O)[nH]c1=O. The molecule has 120 valence electrons. The molecule has 1 aromatic heterocycles. The molecule has 7 nitrogen and oxygen atoms in total. The highest BCUT2D eigenvalue weighted by atomic mass is 16.5. The molecule has 3 N–H and O–H groups in total. The summed E-state index contributed by atoms with van der Waals surface area (Å²) in [5.41, 5.74) is 5.55. The largest absolute Gasteiger partial charge is 0.383 e. The van der Waals surface area contributed by atoms with Gasteiger partial charge in [0.05, 0.1) is 6.61 Å². The van der Waals surface area contributed by atoms with E-state index in [1.165, 1.54) is 4.57 Å². The number of nitrogen functional groups attached to an aromatic ring is 1. The molecule has 0 saturated heterocycles. The Kier molecular flexibility index (Phi) is 6.48. The average molecular weight is 298 g/mol. The summed E-state index contributed by atoms with van der Waals surface area (Å²) in [5, 5.41) is 0. The number of nitrogens with one attached hydrogen (secondary N) is 1. The fourth-order valence-electron chi connectivity index (χ4n) is 2.24. The number of ether oxygens (including phenoxy) is 1. The van der Waals surface area contributed by atoms with Crippen LogP contribution in [0.4, 0.5) is 11.5 Å². The van der Waals surface area contributed by atoms with Crippen LogP contribution in [0.15, 0.2) is 9.59 Å². The number of rotatable bonds is 8. The number of nitrogens with zero attached hydrogens (tertiary/aromatic N) is 2. The van der Waals surface area contributed by atoms with Crippen molar-refractivity contribution in [2.45, 2.75) is 33.7 Å². The molecule has 0 aliphatic heterocycles. The fourth-order valence-corrected chi connectivity index (χ4v) is 2.24. The minimum atomic E-state index is -0.460. The highest BCUT2D eigenvalue weighted by molar-refractivity contribution is 5.62. The van der Waals surface area contributed by atoms with Crippen LogP contribution in [0.2, 0.25) is 0 Å². The summed E-state index contributed by atoms with van der Waals surface area (Å²) in [4.78, 5) is 28.3. The molecule has 0 amide bonds. The quantitative estimate of drug-likeness (QED) is 0.734. The first-order chi connectivity index (χ1) is 9.92. The number of anilines is 2. The Bertz CT molecular complexity index is 562. The van der Waals surface area contributed by atoms with Gasteiger partial charge in [-0.2, -0.15) is 0 Å². The van der Waals surface area contributed by atoms with Gasteiger partial charge in [-0.05, 0) is 12.3 Å². The molecule has 0 spiro atoms. The van der Waals surface area contributed by atoms with E-state index in [2.05, 4.69) is 4.98 Å². The maximum atomic E-state index is 12.1. The van der Waals surface area contributed by atoms with Crippen LogP contribution in [0, 0.1) is 5.92 Å². The van der Waals surface area contributed by atoms with Gasteiger partial charge in [-0.3, -0.25) is 14.3 Å². The molecule has 0 aliphatic rings. The van der Waals surface area contributed by atoms with Crippen molar-refractivity contribution < 1.29 is 4.74 Å². The summed E-state index contributed by atoms with van der Waals surface area (Å²) in [6.07, 6.45) is 0.867. The van der Waals surface area contributed by atoms with Crippen LogP contribution in [0.5, 0.6) is 0 Å². The van der Waals surface area contributed by atoms with Crippen molar-refractivity contribution in [3.05, 3.63) is 20.8 Å². The van der Waals surface area contributed by atoms with E-state index in [1.807, 2.05) is 25.7 Å². The monoisotopic (exact) mass is 298 g/mol. The molecule has 0 unspecified atom stereocenters. The summed E-state index contributed by atoms with van der Waals surface area (Å²) >= 11 is 0. The Labute approximate surface area is 124 Å². The maximum Gasteiger partial charge on any atom is 0.330 e. The third-order valence-electron chi connectivity index (χ3n) is 3.14. The number of hydrogen-bond donors (Lipinski definition) is 2. The second-order valence-corrected chi connectivity index (χ2v) is 5.48. The summed E-state index contributed by atoms with van der Waals surface area (Å²) in [6.45, 7) is 8.19. The average Bonchev–Trinajstić information content (AvgIpc) is 2.40. The van der Waals surface area contributed by atoms with E-state index in [1.54, 1.807) is 7.11 Å². The third-order valence-corrected chi connectivity index (χ3v) is 3.14. The molecule has 1 heterocycles. The number of hydrogen-bond acceptors (Lipinski definition) is 5. The molecule has 7 heteroatoms. The van der Waals surface area contributed by atoms with Gasteiger partial charge in [-0.25, -0.2) is 4.79 Å². The van der Waals surface area contributed by atoms with Crippen LogP contribution in [0.1, 0.15) is 27.2 Å².